The number of aromatic nitrogens is 2. The lowest BCUT2D eigenvalue weighted by molar-refractivity contribution is 0.360. The molecule has 0 spiro atoms. The van der Waals surface area contributed by atoms with Gasteiger partial charge in [-0.2, -0.15) is 0 Å². The third-order valence-corrected chi connectivity index (χ3v) is 2.23. The molecule has 0 radical (unpaired) electrons. The van der Waals surface area contributed by atoms with Crippen LogP contribution in [0.4, 0.5) is 0 Å². The van der Waals surface area contributed by atoms with Crippen molar-refractivity contribution in [2.75, 3.05) is 0 Å². The van der Waals surface area contributed by atoms with Crippen molar-refractivity contribution in [3.63, 3.8) is 0 Å². The maximum atomic E-state index is 4.25. The highest BCUT2D eigenvalue weighted by molar-refractivity contribution is 4.94. The lowest BCUT2D eigenvalue weighted by atomic mass is 9.89. The van der Waals surface area contributed by atoms with Gasteiger partial charge in [0.2, 0.25) is 0 Å². The monoisotopic (exact) mass is 192 g/mol. The zero-order chi connectivity index (χ0) is 10.4. The van der Waals surface area contributed by atoms with E-state index in [9.17, 15) is 0 Å². The molecule has 0 aliphatic carbocycles. The molecule has 2 nitrogen and oxygen atoms in total. The highest BCUT2D eigenvalue weighted by Crippen LogP contribution is 2.21. The zero-order valence-electron chi connectivity index (χ0n) is 9.45. The molecule has 0 N–H and O–H groups in total. The predicted octanol–water partition coefficient (Wildman–Crippen LogP) is 3.24. The first-order chi connectivity index (χ1) is 6.58. The van der Waals surface area contributed by atoms with Crippen molar-refractivity contribution in [3.8, 4) is 0 Å². The van der Waals surface area contributed by atoms with Crippen LogP contribution >= 0.6 is 0 Å². The molecule has 0 bridgehead atoms. The minimum absolute atomic E-state index is 0.461. The number of aryl methyl sites for hydroxylation is 1. The summed E-state index contributed by atoms with van der Waals surface area (Å²) in [4.78, 5) is 8.30. The van der Waals surface area contributed by atoms with E-state index in [1.807, 2.05) is 6.20 Å². The molecular formula is C12H20N2. The van der Waals surface area contributed by atoms with Gasteiger partial charge < -0.3 is 0 Å². The Morgan fingerprint density at radius 2 is 1.93 bits per heavy atom. The van der Waals surface area contributed by atoms with E-state index < -0.39 is 0 Å². The zero-order valence-corrected chi connectivity index (χ0v) is 9.45. The smallest absolute Gasteiger partial charge is 0.0586 e. The minimum atomic E-state index is 0.461. The van der Waals surface area contributed by atoms with Gasteiger partial charge in [-0.1, -0.05) is 27.2 Å². The minimum Gasteiger partial charge on any atom is -0.261 e. The van der Waals surface area contributed by atoms with E-state index in [0.717, 1.165) is 12.1 Å². The van der Waals surface area contributed by atoms with Crippen molar-refractivity contribution in [3.05, 3.63) is 24.3 Å². The second kappa shape index (κ2) is 5.08. The van der Waals surface area contributed by atoms with Gasteiger partial charge in [-0.25, -0.2) is 0 Å². The second-order valence-corrected chi connectivity index (χ2v) is 4.96. The van der Waals surface area contributed by atoms with Gasteiger partial charge in [0.05, 0.1) is 5.69 Å². The van der Waals surface area contributed by atoms with Crippen LogP contribution in [0.3, 0.4) is 0 Å². The fourth-order valence-corrected chi connectivity index (χ4v) is 1.42. The Morgan fingerprint density at radius 1 is 1.14 bits per heavy atom. The quantitative estimate of drug-likeness (QED) is 0.684. The fraction of sp³-hybridized carbons (Fsp3) is 0.667. The summed E-state index contributed by atoms with van der Waals surface area (Å²) < 4.78 is 0. The van der Waals surface area contributed by atoms with Gasteiger partial charge in [-0.05, 0) is 24.7 Å². The number of nitrogens with zero attached hydrogens (tertiary/aromatic N) is 2. The lowest BCUT2D eigenvalue weighted by Gasteiger charge is -2.17. The molecule has 0 atom stereocenters. The molecule has 0 saturated carbocycles. The summed E-state index contributed by atoms with van der Waals surface area (Å²) in [5.74, 6) is 0. The van der Waals surface area contributed by atoms with Crippen LogP contribution in [-0.4, -0.2) is 9.97 Å². The maximum Gasteiger partial charge on any atom is 0.0586 e. The van der Waals surface area contributed by atoms with Crippen LogP contribution in [-0.2, 0) is 6.42 Å². The van der Waals surface area contributed by atoms with E-state index in [0.29, 0.717) is 5.41 Å². The van der Waals surface area contributed by atoms with Crippen molar-refractivity contribution in [1.29, 1.82) is 0 Å². The van der Waals surface area contributed by atoms with Gasteiger partial charge in [0.1, 0.15) is 0 Å². The highest BCUT2D eigenvalue weighted by Gasteiger charge is 2.08. The van der Waals surface area contributed by atoms with Gasteiger partial charge in [0.15, 0.2) is 0 Å². The molecule has 14 heavy (non-hydrogen) atoms. The standard InChI is InChI=1S/C12H20N2/c1-12(2,3)7-5-4-6-11-10-13-8-9-14-11/h8-10H,4-7H2,1-3H3. The molecule has 78 valence electrons. The van der Waals surface area contributed by atoms with Gasteiger partial charge in [0, 0.05) is 18.6 Å². The van der Waals surface area contributed by atoms with E-state index in [1.54, 1.807) is 12.4 Å². The third-order valence-electron chi connectivity index (χ3n) is 2.23. The molecule has 0 unspecified atom stereocenters. The first-order valence-electron chi connectivity index (χ1n) is 5.33. The molecular weight excluding hydrogens is 172 g/mol. The van der Waals surface area contributed by atoms with Gasteiger partial charge >= 0.3 is 0 Å². The van der Waals surface area contributed by atoms with Crippen molar-refractivity contribution in [2.24, 2.45) is 5.41 Å². The Labute approximate surface area is 86.8 Å². The molecule has 0 fully saturated rings. The molecule has 0 aromatic carbocycles. The molecule has 1 aromatic rings. The van der Waals surface area contributed by atoms with Crippen LogP contribution in [0.25, 0.3) is 0 Å². The number of rotatable bonds is 4. The molecule has 2 heteroatoms. The Balaban J connectivity index is 2.17. The largest absolute Gasteiger partial charge is 0.261 e. The van der Waals surface area contributed by atoms with Crippen molar-refractivity contribution < 1.29 is 0 Å². The van der Waals surface area contributed by atoms with Crippen molar-refractivity contribution in [2.45, 2.75) is 46.5 Å². The molecule has 1 rings (SSSR count). The topological polar surface area (TPSA) is 25.8 Å². The summed E-state index contributed by atoms with van der Waals surface area (Å²) in [6, 6.07) is 0. The summed E-state index contributed by atoms with van der Waals surface area (Å²) in [5, 5.41) is 0. The average molecular weight is 192 g/mol. The molecule has 0 amide bonds. The summed E-state index contributed by atoms with van der Waals surface area (Å²) in [5.41, 5.74) is 1.57. The van der Waals surface area contributed by atoms with Crippen LogP contribution in [0.1, 0.15) is 45.7 Å². The Bertz CT molecular complexity index is 249. The Hall–Kier alpha value is -0.920. The summed E-state index contributed by atoms with van der Waals surface area (Å²) >= 11 is 0. The first kappa shape index (κ1) is 11.2. The molecule has 1 heterocycles. The normalized spacial score (nSPS) is 11.6. The number of hydrogen-bond acceptors (Lipinski definition) is 2. The first-order valence-corrected chi connectivity index (χ1v) is 5.33. The lowest BCUT2D eigenvalue weighted by Crippen LogP contribution is -2.04. The highest BCUT2D eigenvalue weighted by atomic mass is 14.8. The van der Waals surface area contributed by atoms with Gasteiger partial charge in [-0.15, -0.1) is 0 Å². The maximum absolute atomic E-state index is 4.25. The number of unbranched alkanes of at least 4 members (excludes halogenated alkanes) is 1. The third kappa shape index (κ3) is 4.95. The summed E-state index contributed by atoms with van der Waals surface area (Å²) in [6.45, 7) is 6.86. The van der Waals surface area contributed by atoms with E-state index >= 15 is 0 Å². The van der Waals surface area contributed by atoms with Crippen molar-refractivity contribution >= 4 is 0 Å². The molecule has 0 aliphatic heterocycles. The van der Waals surface area contributed by atoms with Gasteiger partial charge in [0.25, 0.3) is 0 Å². The van der Waals surface area contributed by atoms with Crippen LogP contribution in [0, 0.1) is 5.41 Å². The van der Waals surface area contributed by atoms with Crippen LogP contribution in [0.15, 0.2) is 18.6 Å². The molecule has 0 aliphatic rings. The van der Waals surface area contributed by atoms with Gasteiger partial charge in [-0.3, -0.25) is 9.97 Å². The molecule has 1 aromatic heterocycles. The van der Waals surface area contributed by atoms with E-state index in [4.69, 9.17) is 0 Å². The van der Waals surface area contributed by atoms with Crippen LogP contribution in [0.5, 0.6) is 0 Å². The Morgan fingerprint density at radius 3 is 2.50 bits per heavy atom. The molecule has 0 saturated heterocycles. The van der Waals surface area contributed by atoms with Crippen LogP contribution < -0.4 is 0 Å². The number of hydrogen-bond donors (Lipinski definition) is 0. The SMILES string of the molecule is CC(C)(C)CCCCc1cnccn1. The van der Waals surface area contributed by atoms with E-state index in [-0.39, 0.29) is 0 Å². The Kier molecular flexibility index (Phi) is 4.05. The van der Waals surface area contributed by atoms with E-state index in [2.05, 4.69) is 30.7 Å². The predicted molar refractivity (Wildman–Crippen MR) is 59.0 cm³/mol. The van der Waals surface area contributed by atoms with E-state index in [1.165, 1.54) is 19.3 Å². The van der Waals surface area contributed by atoms with Crippen molar-refractivity contribution in [1.82, 2.24) is 9.97 Å². The summed E-state index contributed by atoms with van der Waals surface area (Å²) in [6.07, 6.45) is 10.2. The van der Waals surface area contributed by atoms with Crippen LogP contribution in [0.2, 0.25) is 0 Å². The fourth-order valence-electron chi connectivity index (χ4n) is 1.42. The second-order valence-electron chi connectivity index (χ2n) is 4.96. The summed E-state index contributed by atoms with van der Waals surface area (Å²) in [7, 11) is 0. The average Bonchev–Trinajstić information content (AvgIpc) is 2.13.